The topological polar surface area (TPSA) is 82.5 Å². The van der Waals surface area contributed by atoms with Gasteiger partial charge in [0.15, 0.2) is 5.13 Å². The van der Waals surface area contributed by atoms with Gasteiger partial charge in [-0.3, -0.25) is 10.1 Å². The molecular weight excluding hydrogens is 218 g/mol. The Bertz CT molecular complexity index is 339. The monoisotopic (exact) mass is 229 g/mol. The number of carboxylic acid groups (broad SMARTS) is 1. The molecule has 0 saturated heterocycles. The maximum Gasteiger partial charge on any atom is 0.324 e. The quantitative estimate of drug-likeness (QED) is 0.809. The first-order chi connectivity index (χ1) is 7.13. The number of aliphatic carboxylic acids is 1. The zero-order valence-electron chi connectivity index (χ0n) is 8.14. The Kier molecular flexibility index (Phi) is 4.04. The van der Waals surface area contributed by atoms with Gasteiger partial charge in [0.1, 0.15) is 6.54 Å². The molecule has 0 saturated carbocycles. The van der Waals surface area contributed by atoms with E-state index in [4.69, 9.17) is 5.11 Å². The van der Waals surface area contributed by atoms with Crippen molar-refractivity contribution in [2.45, 2.75) is 6.92 Å². The van der Waals surface area contributed by atoms with Gasteiger partial charge in [-0.25, -0.2) is 9.78 Å². The lowest BCUT2D eigenvalue weighted by Gasteiger charge is -2.17. The minimum atomic E-state index is -1.04. The van der Waals surface area contributed by atoms with Crippen molar-refractivity contribution in [2.75, 3.05) is 18.4 Å². The lowest BCUT2D eigenvalue weighted by molar-refractivity contribution is -0.137. The highest BCUT2D eigenvalue weighted by Crippen LogP contribution is 2.10. The summed E-state index contributed by atoms with van der Waals surface area (Å²) >= 11 is 1.28. The highest BCUT2D eigenvalue weighted by Gasteiger charge is 2.15. The minimum absolute atomic E-state index is 0.312. The fourth-order valence-electron chi connectivity index (χ4n) is 0.946. The molecule has 0 aliphatic carbocycles. The van der Waals surface area contributed by atoms with Crippen molar-refractivity contribution in [3.05, 3.63) is 11.6 Å². The summed E-state index contributed by atoms with van der Waals surface area (Å²) in [6.45, 7) is 1.74. The van der Waals surface area contributed by atoms with Crippen molar-refractivity contribution in [3.63, 3.8) is 0 Å². The number of likely N-dealkylation sites (N-methyl/N-ethyl adjacent to an activating group) is 1. The zero-order chi connectivity index (χ0) is 11.3. The number of anilines is 1. The zero-order valence-corrected chi connectivity index (χ0v) is 8.95. The molecule has 7 heteroatoms. The van der Waals surface area contributed by atoms with Crippen LogP contribution in [0, 0.1) is 0 Å². The number of nitrogens with zero attached hydrogens (tertiary/aromatic N) is 2. The largest absolute Gasteiger partial charge is 0.480 e. The van der Waals surface area contributed by atoms with Crippen LogP contribution in [0.25, 0.3) is 0 Å². The molecule has 0 bridgehead atoms. The van der Waals surface area contributed by atoms with Gasteiger partial charge in [-0.05, 0) is 6.92 Å². The molecule has 1 aromatic heterocycles. The molecule has 0 aliphatic heterocycles. The van der Waals surface area contributed by atoms with Gasteiger partial charge in [-0.2, -0.15) is 0 Å². The Morgan fingerprint density at radius 2 is 2.40 bits per heavy atom. The van der Waals surface area contributed by atoms with Crippen LogP contribution in [0.3, 0.4) is 0 Å². The van der Waals surface area contributed by atoms with Crippen molar-refractivity contribution in [1.29, 1.82) is 0 Å². The van der Waals surface area contributed by atoms with Crippen LogP contribution < -0.4 is 5.32 Å². The molecule has 15 heavy (non-hydrogen) atoms. The number of urea groups is 1. The summed E-state index contributed by atoms with van der Waals surface area (Å²) in [5.74, 6) is -1.04. The van der Waals surface area contributed by atoms with Gasteiger partial charge in [0.2, 0.25) is 0 Å². The number of carboxylic acids is 1. The van der Waals surface area contributed by atoms with Crippen LogP contribution in [-0.2, 0) is 4.79 Å². The summed E-state index contributed by atoms with van der Waals surface area (Å²) in [6.07, 6.45) is 1.56. The maximum absolute atomic E-state index is 11.5. The summed E-state index contributed by atoms with van der Waals surface area (Å²) in [7, 11) is 0. The van der Waals surface area contributed by atoms with Crippen LogP contribution in [0.1, 0.15) is 6.92 Å². The summed E-state index contributed by atoms with van der Waals surface area (Å²) in [4.78, 5) is 27.0. The predicted octanol–water partition coefficient (Wildman–Crippen LogP) is 1.08. The van der Waals surface area contributed by atoms with Crippen LogP contribution in [0.2, 0.25) is 0 Å². The lowest BCUT2D eigenvalue weighted by atomic mass is 10.5. The van der Waals surface area contributed by atoms with Crippen molar-refractivity contribution < 1.29 is 14.7 Å². The van der Waals surface area contributed by atoms with Gasteiger partial charge in [0.25, 0.3) is 0 Å². The molecule has 82 valence electrons. The van der Waals surface area contributed by atoms with Crippen LogP contribution in [0.15, 0.2) is 11.6 Å². The van der Waals surface area contributed by atoms with E-state index in [0.717, 1.165) is 0 Å². The number of hydrogen-bond acceptors (Lipinski definition) is 4. The number of amides is 2. The van der Waals surface area contributed by atoms with Gasteiger partial charge in [-0.15, -0.1) is 11.3 Å². The normalized spacial score (nSPS) is 9.67. The number of aromatic nitrogens is 1. The van der Waals surface area contributed by atoms with E-state index < -0.39 is 12.0 Å². The molecule has 1 heterocycles. The van der Waals surface area contributed by atoms with Gasteiger partial charge in [-0.1, -0.05) is 0 Å². The fraction of sp³-hybridized carbons (Fsp3) is 0.375. The molecule has 0 fully saturated rings. The van der Waals surface area contributed by atoms with Gasteiger partial charge < -0.3 is 10.0 Å². The average molecular weight is 229 g/mol. The standard InChI is InChI=1S/C8H11N3O3S/c1-2-11(5-6(12)13)8(14)10-7-9-3-4-15-7/h3-4H,2,5H2,1H3,(H,12,13)(H,9,10,14). The molecule has 2 N–H and O–H groups in total. The second kappa shape index (κ2) is 5.30. The Hall–Kier alpha value is -1.63. The SMILES string of the molecule is CCN(CC(=O)O)C(=O)Nc1nccs1. The van der Waals surface area contributed by atoms with Crippen molar-refractivity contribution in [2.24, 2.45) is 0 Å². The van der Waals surface area contributed by atoms with E-state index in [1.54, 1.807) is 18.5 Å². The van der Waals surface area contributed by atoms with E-state index in [1.807, 2.05) is 0 Å². The molecule has 1 aromatic rings. The highest BCUT2D eigenvalue weighted by atomic mass is 32.1. The molecule has 0 spiro atoms. The molecule has 0 aromatic carbocycles. The van der Waals surface area contributed by atoms with E-state index in [2.05, 4.69) is 10.3 Å². The molecule has 0 unspecified atom stereocenters. The first-order valence-electron chi connectivity index (χ1n) is 4.30. The second-order valence-electron chi connectivity index (χ2n) is 2.68. The van der Waals surface area contributed by atoms with Crippen LogP contribution in [0.5, 0.6) is 0 Å². The Labute approximate surface area is 90.5 Å². The van der Waals surface area contributed by atoms with Gasteiger partial charge in [0.05, 0.1) is 0 Å². The van der Waals surface area contributed by atoms with Gasteiger partial charge in [0, 0.05) is 18.1 Å². The van der Waals surface area contributed by atoms with E-state index in [9.17, 15) is 9.59 Å². The number of nitrogens with one attached hydrogen (secondary N) is 1. The maximum atomic E-state index is 11.5. The molecule has 0 aliphatic rings. The van der Waals surface area contributed by atoms with Gasteiger partial charge >= 0.3 is 12.0 Å². The molecule has 0 radical (unpaired) electrons. The lowest BCUT2D eigenvalue weighted by Crippen LogP contribution is -2.38. The first kappa shape index (κ1) is 11.4. The van der Waals surface area contributed by atoms with Crippen LogP contribution in [-0.4, -0.2) is 40.1 Å². The third kappa shape index (κ3) is 3.55. The Balaban J connectivity index is 2.54. The number of rotatable bonds is 4. The van der Waals surface area contributed by atoms with E-state index in [1.165, 1.54) is 16.2 Å². The average Bonchev–Trinajstić information content (AvgIpc) is 2.66. The van der Waals surface area contributed by atoms with E-state index in [-0.39, 0.29) is 6.54 Å². The predicted molar refractivity (Wildman–Crippen MR) is 56.0 cm³/mol. The van der Waals surface area contributed by atoms with Crippen molar-refractivity contribution >= 4 is 28.5 Å². The van der Waals surface area contributed by atoms with Crippen molar-refractivity contribution in [3.8, 4) is 0 Å². The highest BCUT2D eigenvalue weighted by molar-refractivity contribution is 7.13. The van der Waals surface area contributed by atoms with E-state index in [0.29, 0.717) is 11.7 Å². The Morgan fingerprint density at radius 3 is 2.87 bits per heavy atom. The molecular formula is C8H11N3O3S. The number of hydrogen-bond donors (Lipinski definition) is 2. The Morgan fingerprint density at radius 1 is 1.67 bits per heavy atom. The van der Waals surface area contributed by atoms with E-state index >= 15 is 0 Å². The molecule has 2 amide bonds. The second-order valence-corrected chi connectivity index (χ2v) is 3.57. The molecule has 6 nitrogen and oxygen atoms in total. The van der Waals surface area contributed by atoms with Crippen LogP contribution >= 0.6 is 11.3 Å². The minimum Gasteiger partial charge on any atom is -0.480 e. The third-order valence-corrected chi connectivity index (χ3v) is 2.33. The fourth-order valence-corrected chi connectivity index (χ4v) is 1.46. The van der Waals surface area contributed by atoms with Crippen molar-refractivity contribution in [1.82, 2.24) is 9.88 Å². The smallest absolute Gasteiger partial charge is 0.324 e. The summed E-state index contributed by atoms with van der Waals surface area (Å²) in [5.41, 5.74) is 0. The number of carbonyl (C=O) groups is 2. The molecule has 1 rings (SSSR count). The number of thiazole rings is 1. The summed E-state index contributed by atoms with van der Waals surface area (Å²) in [5, 5.41) is 13.3. The number of carbonyl (C=O) groups excluding carboxylic acids is 1. The summed E-state index contributed by atoms with van der Waals surface area (Å²) < 4.78 is 0. The molecule has 0 atom stereocenters. The summed E-state index contributed by atoms with van der Waals surface area (Å²) in [6, 6.07) is -0.449. The first-order valence-corrected chi connectivity index (χ1v) is 5.18. The van der Waals surface area contributed by atoms with Crippen LogP contribution in [0.4, 0.5) is 9.93 Å². The third-order valence-electron chi connectivity index (χ3n) is 1.64.